The molecular weight excluding hydrogens is 284 g/mol. The van der Waals surface area contributed by atoms with Crippen LogP contribution < -0.4 is 0 Å². The standard InChI is InChI=1S/C17H19ClN2O/c18-10-9-13-4-3-11-20(12-13)17(21)16-8-7-14-5-1-2-6-15(14)19-16/h1-2,5-8,13H,3-4,9-12H2. The lowest BCUT2D eigenvalue weighted by molar-refractivity contribution is 0.0666. The highest BCUT2D eigenvalue weighted by molar-refractivity contribution is 6.17. The van der Waals surface area contributed by atoms with Gasteiger partial charge >= 0.3 is 0 Å². The lowest BCUT2D eigenvalue weighted by atomic mass is 9.95. The van der Waals surface area contributed by atoms with Gasteiger partial charge in [-0.05, 0) is 37.3 Å². The first-order valence-electron chi connectivity index (χ1n) is 7.49. The molecule has 2 aromatic rings. The summed E-state index contributed by atoms with van der Waals surface area (Å²) in [5.74, 6) is 1.24. The van der Waals surface area contributed by atoms with Crippen LogP contribution in [-0.2, 0) is 0 Å². The number of hydrogen-bond acceptors (Lipinski definition) is 2. The molecule has 1 amide bonds. The molecule has 0 bridgehead atoms. The molecule has 21 heavy (non-hydrogen) atoms. The molecule has 1 aliphatic rings. The topological polar surface area (TPSA) is 33.2 Å². The first-order valence-corrected chi connectivity index (χ1v) is 8.02. The van der Waals surface area contributed by atoms with Gasteiger partial charge < -0.3 is 4.90 Å². The number of benzene rings is 1. The number of nitrogens with zero attached hydrogens (tertiary/aromatic N) is 2. The number of carbonyl (C=O) groups excluding carboxylic acids is 1. The fourth-order valence-electron chi connectivity index (χ4n) is 2.99. The molecule has 3 rings (SSSR count). The molecule has 4 heteroatoms. The molecule has 1 aliphatic heterocycles. The highest BCUT2D eigenvalue weighted by atomic mass is 35.5. The zero-order valence-corrected chi connectivity index (χ0v) is 12.7. The van der Waals surface area contributed by atoms with Gasteiger partial charge in [-0.1, -0.05) is 24.3 Å². The predicted molar refractivity (Wildman–Crippen MR) is 85.7 cm³/mol. The largest absolute Gasteiger partial charge is 0.337 e. The van der Waals surface area contributed by atoms with Crippen molar-refractivity contribution in [1.29, 1.82) is 0 Å². The van der Waals surface area contributed by atoms with Crippen LogP contribution in [0.5, 0.6) is 0 Å². The number of likely N-dealkylation sites (tertiary alicyclic amines) is 1. The van der Waals surface area contributed by atoms with Gasteiger partial charge in [-0.3, -0.25) is 4.79 Å². The summed E-state index contributed by atoms with van der Waals surface area (Å²) < 4.78 is 0. The van der Waals surface area contributed by atoms with Gasteiger partial charge in [0.15, 0.2) is 0 Å². The van der Waals surface area contributed by atoms with E-state index in [1.54, 1.807) is 0 Å². The number of alkyl halides is 1. The van der Waals surface area contributed by atoms with Crippen LogP contribution in [0.3, 0.4) is 0 Å². The van der Waals surface area contributed by atoms with Gasteiger partial charge in [0.05, 0.1) is 5.52 Å². The van der Waals surface area contributed by atoms with Crippen LogP contribution in [0.2, 0.25) is 0 Å². The van der Waals surface area contributed by atoms with E-state index in [-0.39, 0.29) is 5.91 Å². The molecule has 0 aliphatic carbocycles. The molecule has 0 N–H and O–H groups in total. The molecule has 1 aromatic carbocycles. The van der Waals surface area contributed by atoms with Crippen LogP contribution >= 0.6 is 11.6 Å². The van der Waals surface area contributed by atoms with Crippen LogP contribution in [0.1, 0.15) is 29.8 Å². The van der Waals surface area contributed by atoms with Crippen molar-refractivity contribution in [3.8, 4) is 0 Å². The molecule has 1 atom stereocenters. The van der Waals surface area contributed by atoms with Crippen molar-refractivity contribution in [3.63, 3.8) is 0 Å². The maximum Gasteiger partial charge on any atom is 0.272 e. The predicted octanol–water partition coefficient (Wildman–Crippen LogP) is 3.72. The molecule has 0 spiro atoms. The minimum Gasteiger partial charge on any atom is -0.337 e. The van der Waals surface area contributed by atoms with E-state index in [1.807, 2.05) is 41.3 Å². The molecular formula is C17H19ClN2O. The number of piperidine rings is 1. The van der Waals surface area contributed by atoms with Crippen LogP contribution in [0.25, 0.3) is 10.9 Å². The van der Waals surface area contributed by atoms with E-state index in [4.69, 9.17) is 11.6 Å². The zero-order valence-electron chi connectivity index (χ0n) is 12.0. The third kappa shape index (κ3) is 3.18. The van der Waals surface area contributed by atoms with Gasteiger partial charge in [-0.15, -0.1) is 11.6 Å². The summed E-state index contributed by atoms with van der Waals surface area (Å²) in [6.45, 7) is 1.63. The van der Waals surface area contributed by atoms with Crippen molar-refractivity contribution in [2.24, 2.45) is 5.92 Å². The zero-order chi connectivity index (χ0) is 14.7. The molecule has 2 heterocycles. The van der Waals surface area contributed by atoms with E-state index in [9.17, 15) is 4.79 Å². The van der Waals surface area contributed by atoms with Gasteiger partial charge in [-0.25, -0.2) is 4.98 Å². The number of halogens is 1. The third-order valence-corrected chi connectivity index (χ3v) is 4.36. The molecule has 3 nitrogen and oxygen atoms in total. The van der Waals surface area contributed by atoms with E-state index in [0.717, 1.165) is 36.8 Å². The monoisotopic (exact) mass is 302 g/mol. The van der Waals surface area contributed by atoms with E-state index in [0.29, 0.717) is 17.5 Å². The Kier molecular flexibility index (Phi) is 4.39. The Morgan fingerprint density at radius 3 is 3.00 bits per heavy atom. The van der Waals surface area contributed by atoms with Crippen molar-refractivity contribution in [3.05, 3.63) is 42.1 Å². The summed E-state index contributed by atoms with van der Waals surface area (Å²) in [5.41, 5.74) is 1.41. The maximum absolute atomic E-state index is 12.6. The first kappa shape index (κ1) is 14.3. The Morgan fingerprint density at radius 1 is 1.29 bits per heavy atom. The fraction of sp³-hybridized carbons (Fsp3) is 0.412. The number of amides is 1. The molecule has 0 radical (unpaired) electrons. The average molecular weight is 303 g/mol. The Balaban J connectivity index is 1.79. The highest BCUT2D eigenvalue weighted by Gasteiger charge is 2.24. The summed E-state index contributed by atoms with van der Waals surface area (Å²) in [7, 11) is 0. The number of hydrogen-bond donors (Lipinski definition) is 0. The average Bonchev–Trinajstić information content (AvgIpc) is 2.54. The summed E-state index contributed by atoms with van der Waals surface area (Å²) in [6, 6.07) is 11.7. The minimum absolute atomic E-state index is 0.0417. The number of aromatic nitrogens is 1. The van der Waals surface area contributed by atoms with Crippen LogP contribution in [0, 0.1) is 5.92 Å². The Labute approximate surface area is 129 Å². The lowest BCUT2D eigenvalue weighted by Gasteiger charge is -2.32. The molecule has 1 fully saturated rings. The first-order chi connectivity index (χ1) is 10.3. The number of carbonyl (C=O) groups is 1. The second-order valence-corrected chi connectivity index (χ2v) is 6.00. The molecule has 0 saturated carbocycles. The second kappa shape index (κ2) is 6.44. The summed E-state index contributed by atoms with van der Waals surface area (Å²) in [4.78, 5) is 19.1. The molecule has 1 unspecified atom stereocenters. The van der Waals surface area contributed by atoms with E-state index in [2.05, 4.69) is 4.98 Å². The summed E-state index contributed by atoms with van der Waals surface area (Å²) in [6.07, 6.45) is 3.21. The number of fused-ring (bicyclic) bond motifs is 1. The number of para-hydroxylation sites is 1. The van der Waals surface area contributed by atoms with Gasteiger partial charge in [0.25, 0.3) is 5.91 Å². The van der Waals surface area contributed by atoms with Crippen molar-refractivity contribution >= 4 is 28.4 Å². The van der Waals surface area contributed by atoms with Gasteiger partial charge in [-0.2, -0.15) is 0 Å². The van der Waals surface area contributed by atoms with Crippen LogP contribution in [0.4, 0.5) is 0 Å². The van der Waals surface area contributed by atoms with Gasteiger partial charge in [0.2, 0.25) is 0 Å². The number of pyridine rings is 1. The smallest absolute Gasteiger partial charge is 0.272 e. The lowest BCUT2D eigenvalue weighted by Crippen LogP contribution is -2.40. The maximum atomic E-state index is 12.6. The third-order valence-electron chi connectivity index (χ3n) is 4.14. The SMILES string of the molecule is O=C(c1ccc2ccccc2n1)N1CCCC(CCCl)C1. The van der Waals surface area contributed by atoms with Gasteiger partial charge in [0.1, 0.15) is 5.69 Å². The van der Waals surface area contributed by atoms with Crippen LogP contribution in [0.15, 0.2) is 36.4 Å². The Bertz CT molecular complexity index is 641. The molecule has 1 saturated heterocycles. The highest BCUT2D eigenvalue weighted by Crippen LogP contribution is 2.22. The van der Waals surface area contributed by atoms with E-state index < -0.39 is 0 Å². The minimum atomic E-state index is 0.0417. The van der Waals surface area contributed by atoms with Gasteiger partial charge in [0, 0.05) is 24.4 Å². The Hall–Kier alpha value is -1.61. The Morgan fingerprint density at radius 2 is 2.14 bits per heavy atom. The summed E-state index contributed by atoms with van der Waals surface area (Å²) >= 11 is 5.83. The molecule has 1 aromatic heterocycles. The molecule has 110 valence electrons. The summed E-state index contributed by atoms with van der Waals surface area (Å²) in [5, 5.41) is 1.06. The van der Waals surface area contributed by atoms with Crippen molar-refractivity contribution in [2.45, 2.75) is 19.3 Å². The van der Waals surface area contributed by atoms with E-state index >= 15 is 0 Å². The second-order valence-electron chi connectivity index (χ2n) is 5.63. The quantitative estimate of drug-likeness (QED) is 0.810. The van der Waals surface area contributed by atoms with Crippen molar-refractivity contribution in [1.82, 2.24) is 9.88 Å². The van der Waals surface area contributed by atoms with E-state index in [1.165, 1.54) is 6.42 Å². The normalized spacial score (nSPS) is 18.9. The number of rotatable bonds is 3. The van der Waals surface area contributed by atoms with Crippen molar-refractivity contribution < 1.29 is 4.79 Å². The van der Waals surface area contributed by atoms with Crippen LogP contribution in [-0.4, -0.2) is 34.8 Å². The van der Waals surface area contributed by atoms with Crippen molar-refractivity contribution in [2.75, 3.05) is 19.0 Å². The fourth-order valence-corrected chi connectivity index (χ4v) is 3.30.